The summed E-state index contributed by atoms with van der Waals surface area (Å²) in [7, 11) is 6.24. The Balaban J connectivity index is 4.99. The molecular weight excluding hydrogens is 242 g/mol. The Morgan fingerprint density at radius 3 is 1.18 bits per heavy atom. The van der Waals surface area contributed by atoms with Gasteiger partial charge in [-0.15, -0.1) is 0 Å². The van der Waals surface area contributed by atoms with Gasteiger partial charge in [0.1, 0.15) is 16.5 Å². The zero-order valence-corrected chi connectivity index (χ0v) is 15.6. The van der Waals surface area contributed by atoms with Crippen LogP contribution in [0.1, 0.15) is 0 Å². The number of rotatable bonds is 6. The minimum Gasteiger partial charge on any atom is -0.343 e. The summed E-state index contributed by atoms with van der Waals surface area (Å²) in [5.74, 6) is 0. The van der Waals surface area contributed by atoms with Gasteiger partial charge in [-0.3, -0.25) is 9.80 Å². The van der Waals surface area contributed by atoms with E-state index in [2.05, 4.69) is 81.5 Å². The highest BCUT2D eigenvalue weighted by molar-refractivity contribution is 6.89. The van der Waals surface area contributed by atoms with Crippen molar-refractivity contribution in [2.24, 2.45) is 0 Å². The highest BCUT2D eigenvalue weighted by Crippen LogP contribution is 2.21. The third kappa shape index (κ3) is 5.65. The lowest BCUT2D eigenvalue weighted by atomic mass is 10.4. The van der Waals surface area contributed by atoms with Crippen molar-refractivity contribution >= 4 is 16.5 Å². The molecule has 5 heteroatoms. The zero-order chi connectivity index (χ0) is 14.0. The first-order chi connectivity index (χ1) is 7.37. The molecule has 0 aliphatic rings. The maximum Gasteiger partial charge on any atom is 0.112 e. The number of nitrogens with zero attached hydrogens (tertiary/aromatic N) is 3. The molecule has 0 atom stereocenters. The van der Waals surface area contributed by atoms with Gasteiger partial charge in [0.05, 0.1) is 6.17 Å². The van der Waals surface area contributed by atoms with Crippen molar-refractivity contribution in [2.75, 3.05) is 34.7 Å². The standard InChI is InChI=1S/C12H33N3Si2/c1-13(2)12(14(3)4)11-15(16(5,6)7)17(8,9)10/h12H,11H2,1-10H3. The fraction of sp³-hybridized carbons (Fsp3) is 1.00. The molecule has 0 unspecified atom stereocenters. The van der Waals surface area contributed by atoms with Crippen molar-refractivity contribution in [3.05, 3.63) is 0 Å². The van der Waals surface area contributed by atoms with Crippen LogP contribution in [0.25, 0.3) is 0 Å². The maximum atomic E-state index is 2.85. The van der Waals surface area contributed by atoms with E-state index in [0.717, 1.165) is 0 Å². The van der Waals surface area contributed by atoms with Crippen molar-refractivity contribution in [2.45, 2.75) is 45.4 Å². The lowest BCUT2D eigenvalue weighted by Gasteiger charge is -2.47. The van der Waals surface area contributed by atoms with Crippen LogP contribution in [0, 0.1) is 0 Å². The van der Waals surface area contributed by atoms with Crippen molar-refractivity contribution in [3.63, 3.8) is 0 Å². The smallest absolute Gasteiger partial charge is 0.112 e. The van der Waals surface area contributed by atoms with Crippen molar-refractivity contribution < 1.29 is 0 Å². The molecule has 17 heavy (non-hydrogen) atoms. The molecule has 0 aromatic rings. The molecule has 0 radical (unpaired) electrons. The van der Waals surface area contributed by atoms with Gasteiger partial charge in [0.15, 0.2) is 0 Å². The predicted octanol–water partition coefficient (Wildman–Crippen LogP) is 2.41. The molecule has 0 amide bonds. The summed E-state index contributed by atoms with van der Waals surface area (Å²) in [6.07, 6.45) is 0.508. The van der Waals surface area contributed by atoms with Gasteiger partial charge in [0, 0.05) is 6.54 Å². The summed E-state index contributed by atoms with van der Waals surface area (Å²) in [5, 5.41) is 0. The molecule has 0 aliphatic carbocycles. The van der Waals surface area contributed by atoms with Crippen molar-refractivity contribution in [1.82, 2.24) is 14.0 Å². The topological polar surface area (TPSA) is 9.72 Å². The summed E-state index contributed by atoms with van der Waals surface area (Å²) >= 11 is 0. The Hall–Kier alpha value is 0.314. The predicted molar refractivity (Wildman–Crippen MR) is 84.6 cm³/mol. The largest absolute Gasteiger partial charge is 0.343 e. The second kappa shape index (κ2) is 5.97. The molecule has 0 saturated heterocycles. The van der Waals surface area contributed by atoms with E-state index in [1.54, 1.807) is 0 Å². The van der Waals surface area contributed by atoms with E-state index < -0.39 is 16.5 Å². The Morgan fingerprint density at radius 1 is 0.706 bits per heavy atom. The summed E-state index contributed by atoms with van der Waals surface area (Å²) in [5.41, 5.74) is 0. The fourth-order valence-electron chi connectivity index (χ4n) is 2.51. The summed E-state index contributed by atoms with van der Waals surface area (Å²) < 4.78 is 2.85. The van der Waals surface area contributed by atoms with Crippen LogP contribution in [0.5, 0.6) is 0 Å². The highest BCUT2D eigenvalue weighted by Gasteiger charge is 2.36. The van der Waals surface area contributed by atoms with E-state index >= 15 is 0 Å². The average Bonchev–Trinajstić information content (AvgIpc) is 1.96. The molecule has 0 aromatic carbocycles. The van der Waals surface area contributed by atoms with Crippen LogP contribution in [-0.4, -0.2) is 71.4 Å². The second-order valence-corrected chi connectivity index (χ2v) is 17.6. The van der Waals surface area contributed by atoms with Gasteiger partial charge in [0.25, 0.3) is 0 Å². The highest BCUT2D eigenvalue weighted by atomic mass is 28.4. The lowest BCUT2D eigenvalue weighted by Crippen LogP contribution is -2.64. The lowest BCUT2D eigenvalue weighted by molar-refractivity contribution is 0.118. The van der Waals surface area contributed by atoms with Gasteiger partial charge >= 0.3 is 0 Å². The molecule has 0 aliphatic heterocycles. The van der Waals surface area contributed by atoms with E-state index in [9.17, 15) is 0 Å². The van der Waals surface area contributed by atoms with E-state index in [4.69, 9.17) is 0 Å². The Bertz CT molecular complexity index is 207. The van der Waals surface area contributed by atoms with Gasteiger partial charge < -0.3 is 4.23 Å². The molecule has 0 N–H and O–H groups in total. The van der Waals surface area contributed by atoms with Crippen LogP contribution in [0.3, 0.4) is 0 Å². The first kappa shape index (κ1) is 17.3. The normalized spacial score (nSPS) is 14.5. The van der Waals surface area contributed by atoms with Gasteiger partial charge in [-0.2, -0.15) is 0 Å². The molecule has 0 bridgehead atoms. The molecule has 0 rings (SSSR count). The molecular formula is C12H33N3Si2. The van der Waals surface area contributed by atoms with Crippen molar-refractivity contribution in [3.8, 4) is 0 Å². The van der Waals surface area contributed by atoms with Gasteiger partial charge in [0.2, 0.25) is 0 Å². The monoisotopic (exact) mass is 275 g/mol. The number of hydrogen-bond acceptors (Lipinski definition) is 3. The molecule has 3 nitrogen and oxygen atoms in total. The number of likely N-dealkylation sites (N-methyl/N-ethyl adjacent to an activating group) is 2. The first-order valence-electron chi connectivity index (χ1n) is 6.48. The fourth-order valence-corrected chi connectivity index (χ4v) is 12.0. The van der Waals surface area contributed by atoms with Crippen LogP contribution < -0.4 is 0 Å². The van der Waals surface area contributed by atoms with Crippen molar-refractivity contribution in [1.29, 1.82) is 0 Å². The summed E-state index contributed by atoms with van der Waals surface area (Å²) in [6, 6.07) is 0. The van der Waals surface area contributed by atoms with Crippen LogP contribution >= 0.6 is 0 Å². The SMILES string of the molecule is CN(C)C(CN([Si](C)(C)C)[Si](C)(C)C)N(C)C. The molecule has 0 spiro atoms. The van der Waals surface area contributed by atoms with Crippen LogP contribution in [0.15, 0.2) is 0 Å². The molecule has 0 heterocycles. The van der Waals surface area contributed by atoms with E-state index in [0.29, 0.717) is 6.17 Å². The van der Waals surface area contributed by atoms with Crippen LogP contribution in [-0.2, 0) is 0 Å². The first-order valence-corrected chi connectivity index (χ1v) is 13.4. The second-order valence-electron chi connectivity index (χ2n) is 7.36. The van der Waals surface area contributed by atoms with Gasteiger partial charge in [-0.1, -0.05) is 39.3 Å². The molecule has 0 aromatic heterocycles. The zero-order valence-electron chi connectivity index (χ0n) is 13.6. The quantitative estimate of drug-likeness (QED) is 0.544. The van der Waals surface area contributed by atoms with E-state index in [1.807, 2.05) is 0 Å². The Kier molecular flexibility index (Phi) is 6.08. The third-order valence-corrected chi connectivity index (χ3v) is 10.8. The Labute approximate surface area is 111 Å². The minimum atomic E-state index is -1.23. The van der Waals surface area contributed by atoms with Crippen LogP contribution in [0.4, 0.5) is 0 Å². The van der Waals surface area contributed by atoms with Crippen LogP contribution in [0.2, 0.25) is 39.3 Å². The molecule has 0 fully saturated rings. The van der Waals surface area contributed by atoms with E-state index in [-0.39, 0.29) is 0 Å². The molecule has 0 saturated carbocycles. The summed E-state index contributed by atoms with van der Waals surface area (Å²) in [4.78, 5) is 4.65. The average molecular weight is 276 g/mol. The Morgan fingerprint density at radius 2 is 1.00 bits per heavy atom. The van der Waals surface area contributed by atoms with E-state index in [1.165, 1.54) is 6.54 Å². The third-order valence-electron chi connectivity index (χ3n) is 3.16. The maximum absolute atomic E-state index is 2.85. The summed E-state index contributed by atoms with van der Waals surface area (Å²) in [6.45, 7) is 16.0. The van der Waals surface area contributed by atoms with Gasteiger partial charge in [-0.25, -0.2) is 0 Å². The molecule has 104 valence electrons. The van der Waals surface area contributed by atoms with Gasteiger partial charge in [-0.05, 0) is 28.2 Å². The number of hydrogen-bond donors (Lipinski definition) is 0. The minimum absolute atomic E-state index is 0.508.